The quantitative estimate of drug-likeness (QED) is 0.404. The maximum atomic E-state index is 13.0. The van der Waals surface area contributed by atoms with Gasteiger partial charge in [-0.05, 0) is 55.7 Å². The first-order chi connectivity index (χ1) is 13.8. The Hall–Kier alpha value is -2.78. The molecule has 29 heavy (non-hydrogen) atoms. The second-order valence-corrected chi connectivity index (χ2v) is 8.88. The van der Waals surface area contributed by atoms with Gasteiger partial charge in [-0.1, -0.05) is 12.5 Å². The number of carbonyl (C=O) groups excluding carboxylic acids is 1. The fourth-order valence-corrected chi connectivity index (χ4v) is 5.04. The van der Waals surface area contributed by atoms with E-state index in [1.54, 1.807) is 0 Å². The van der Waals surface area contributed by atoms with Crippen LogP contribution in [-0.4, -0.2) is 36.2 Å². The number of esters is 1. The van der Waals surface area contributed by atoms with Crippen LogP contribution in [0.5, 0.6) is 0 Å². The molecule has 2 aromatic carbocycles. The molecule has 1 fully saturated rings. The average Bonchev–Trinajstić information content (AvgIpc) is 2.72. The van der Waals surface area contributed by atoms with Crippen LogP contribution in [-0.2, 0) is 21.4 Å². The second kappa shape index (κ2) is 8.71. The molecule has 3 rings (SSSR count). The highest BCUT2D eigenvalue weighted by Gasteiger charge is 2.31. The number of nitrogens with zero attached hydrogens (tertiary/aromatic N) is 2. The lowest BCUT2D eigenvalue weighted by Gasteiger charge is -2.32. The van der Waals surface area contributed by atoms with E-state index in [9.17, 15) is 23.3 Å². The number of non-ortho nitro benzene ring substituents is 1. The first-order valence-electron chi connectivity index (χ1n) is 9.31. The van der Waals surface area contributed by atoms with Crippen LogP contribution in [0.15, 0.2) is 53.4 Å². The van der Waals surface area contributed by atoms with Gasteiger partial charge in [0, 0.05) is 24.7 Å². The van der Waals surface area contributed by atoms with Crippen molar-refractivity contribution < 1.29 is 22.9 Å². The third kappa shape index (κ3) is 4.80. The Morgan fingerprint density at radius 3 is 2.59 bits per heavy atom. The van der Waals surface area contributed by atoms with Gasteiger partial charge in [-0.15, -0.1) is 0 Å². The van der Waals surface area contributed by atoms with Gasteiger partial charge >= 0.3 is 5.97 Å². The third-order valence-electron chi connectivity index (χ3n) is 4.94. The van der Waals surface area contributed by atoms with Gasteiger partial charge in [0.1, 0.15) is 6.61 Å². The van der Waals surface area contributed by atoms with E-state index < -0.39 is 20.9 Å². The van der Waals surface area contributed by atoms with Gasteiger partial charge in [-0.25, -0.2) is 13.2 Å². The molecule has 1 aliphatic rings. The Morgan fingerprint density at radius 2 is 1.93 bits per heavy atom. The van der Waals surface area contributed by atoms with Gasteiger partial charge in [0.2, 0.25) is 10.0 Å². The van der Waals surface area contributed by atoms with Crippen molar-refractivity contribution in [1.82, 2.24) is 4.31 Å². The minimum absolute atomic E-state index is 0.0510. The molecular weight excluding hydrogens is 396 g/mol. The number of sulfonamides is 1. The molecule has 1 aliphatic heterocycles. The van der Waals surface area contributed by atoms with Gasteiger partial charge in [-0.2, -0.15) is 4.31 Å². The van der Waals surface area contributed by atoms with E-state index in [0.29, 0.717) is 12.1 Å². The molecule has 0 aliphatic carbocycles. The van der Waals surface area contributed by atoms with Gasteiger partial charge < -0.3 is 4.74 Å². The summed E-state index contributed by atoms with van der Waals surface area (Å²) in [6.45, 7) is 2.29. The van der Waals surface area contributed by atoms with Crippen LogP contribution < -0.4 is 0 Å². The van der Waals surface area contributed by atoms with E-state index in [1.807, 2.05) is 6.92 Å². The lowest BCUT2D eigenvalue weighted by Crippen LogP contribution is -2.41. The average molecular weight is 418 g/mol. The fourth-order valence-electron chi connectivity index (χ4n) is 3.29. The number of piperidine rings is 1. The van der Waals surface area contributed by atoms with Crippen LogP contribution in [0.2, 0.25) is 0 Å². The summed E-state index contributed by atoms with van der Waals surface area (Å²) in [5, 5.41) is 10.7. The summed E-state index contributed by atoms with van der Waals surface area (Å²) in [6, 6.07) is 11.4. The number of hydrogen-bond donors (Lipinski definition) is 0. The van der Waals surface area contributed by atoms with Gasteiger partial charge in [-0.3, -0.25) is 10.1 Å². The number of rotatable bonds is 6. The predicted molar refractivity (Wildman–Crippen MR) is 106 cm³/mol. The number of hydrogen-bond acceptors (Lipinski definition) is 6. The number of ether oxygens (including phenoxy) is 1. The van der Waals surface area contributed by atoms with Crippen LogP contribution >= 0.6 is 0 Å². The van der Waals surface area contributed by atoms with Crippen LogP contribution in [0.25, 0.3) is 0 Å². The summed E-state index contributed by atoms with van der Waals surface area (Å²) in [6.07, 6.45) is 2.64. The standard InChI is InChI=1S/C20H22N2O6S/c1-15-5-2-3-12-21(15)29(26,27)19-7-4-6-17(13-19)20(23)28-14-16-8-10-18(11-9-16)22(24)25/h4,6-11,13,15H,2-3,5,12,14H2,1H3/t15-/m1/s1. The lowest BCUT2D eigenvalue weighted by atomic mass is 10.1. The molecule has 0 unspecified atom stereocenters. The van der Waals surface area contributed by atoms with Crippen molar-refractivity contribution in [2.75, 3.05) is 6.54 Å². The second-order valence-electron chi connectivity index (χ2n) is 6.99. The minimum Gasteiger partial charge on any atom is -0.457 e. The molecular formula is C20H22N2O6S. The SMILES string of the molecule is C[C@@H]1CCCCN1S(=O)(=O)c1cccc(C(=O)OCc2ccc([N+](=O)[O-])cc2)c1. The molecule has 0 saturated carbocycles. The summed E-state index contributed by atoms with van der Waals surface area (Å²) >= 11 is 0. The Kier molecular flexibility index (Phi) is 6.29. The van der Waals surface area contributed by atoms with Crippen molar-refractivity contribution in [2.24, 2.45) is 0 Å². The molecule has 0 bridgehead atoms. The van der Waals surface area contributed by atoms with E-state index in [2.05, 4.69) is 0 Å². The van der Waals surface area contributed by atoms with Crippen molar-refractivity contribution in [2.45, 2.75) is 43.7 Å². The molecule has 0 spiro atoms. The van der Waals surface area contributed by atoms with E-state index in [4.69, 9.17) is 4.74 Å². The molecule has 1 heterocycles. The predicted octanol–water partition coefficient (Wildman–Crippen LogP) is 3.51. The van der Waals surface area contributed by atoms with Crippen LogP contribution in [0, 0.1) is 10.1 Å². The highest BCUT2D eigenvalue weighted by atomic mass is 32.2. The lowest BCUT2D eigenvalue weighted by molar-refractivity contribution is -0.384. The largest absolute Gasteiger partial charge is 0.457 e. The molecule has 9 heteroatoms. The zero-order valence-electron chi connectivity index (χ0n) is 16.0. The fraction of sp³-hybridized carbons (Fsp3) is 0.350. The topological polar surface area (TPSA) is 107 Å². The number of carbonyl (C=O) groups is 1. The zero-order chi connectivity index (χ0) is 21.0. The summed E-state index contributed by atoms with van der Waals surface area (Å²) in [5.41, 5.74) is 0.678. The van der Waals surface area contributed by atoms with Crippen molar-refractivity contribution in [1.29, 1.82) is 0 Å². The molecule has 2 aromatic rings. The smallest absolute Gasteiger partial charge is 0.338 e. The highest BCUT2D eigenvalue weighted by molar-refractivity contribution is 7.89. The van der Waals surface area contributed by atoms with Gasteiger partial charge in [0.15, 0.2) is 0 Å². The minimum atomic E-state index is -3.69. The zero-order valence-corrected chi connectivity index (χ0v) is 16.8. The first-order valence-corrected chi connectivity index (χ1v) is 10.8. The molecule has 1 atom stereocenters. The Balaban J connectivity index is 1.71. The highest BCUT2D eigenvalue weighted by Crippen LogP contribution is 2.25. The molecule has 0 N–H and O–H groups in total. The monoisotopic (exact) mass is 418 g/mol. The van der Waals surface area contributed by atoms with E-state index >= 15 is 0 Å². The Morgan fingerprint density at radius 1 is 1.21 bits per heavy atom. The molecule has 8 nitrogen and oxygen atoms in total. The third-order valence-corrected chi connectivity index (χ3v) is 6.95. The summed E-state index contributed by atoms with van der Waals surface area (Å²) in [4.78, 5) is 22.6. The normalized spacial score (nSPS) is 17.6. The Bertz CT molecular complexity index is 1000. The van der Waals surface area contributed by atoms with Crippen LogP contribution in [0.3, 0.4) is 0 Å². The van der Waals surface area contributed by atoms with Crippen LogP contribution in [0.4, 0.5) is 5.69 Å². The summed E-state index contributed by atoms with van der Waals surface area (Å²) in [7, 11) is -3.69. The van der Waals surface area contributed by atoms with E-state index in [1.165, 1.54) is 52.8 Å². The molecule has 1 saturated heterocycles. The Labute approximate surface area is 169 Å². The summed E-state index contributed by atoms with van der Waals surface area (Å²) < 4.78 is 32.6. The van der Waals surface area contributed by atoms with E-state index in [-0.39, 0.29) is 28.8 Å². The van der Waals surface area contributed by atoms with Gasteiger partial charge in [0.05, 0.1) is 15.4 Å². The number of benzene rings is 2. The number of nitro benzene ring substituents is 1. The van der Waals surface area contributed by atoms with Gasteiger partial charge in [0.25, 0.3) is 5.69 Å². The van der Waals surface area contributed by atoms with Crippen molar-refractivity contribution >= 4 is 21.7 Å². The maximum Gasteiger partial charge on any atom is 0.338 e. The summed E-state index contributed by atoms with van der Waals surface area (Å²) in [5.74, 6) is -0.660. The molecule has 0 aromatic heterocycles. The van der Waals surface area contributed by atoms with Crippen molar-refractivity contribution in [3.8, 4) is 0 Å². The molecule has 0 radical (unpaired) electrons. The number of nitro groups is 1. The van der Waals surface area contributed by atoms with Crippen molar-refractivity contribution in [3.63, 3.8) is 0 Å². The molecule has 0 amide bonds. The maximum absolute atomic E-state index is 13.0. The van der Waals surface area contributed by atoms with Crippen molar-refractivity contribution in [3.05, 3.63) is 69.8 Å². The first kappa shape index (κ1) is 20.9. The molecule has 154 valence electrons. The van der Waals surface area contributed by atoms with Crippen LogP contribution in [0.1, 0.15) is 42.1 Å². The van der Waals surface area contributed by atoms with E-state index in [0.717, 1.165) is 19.3 Å².